The highest BCUT2D eigenvalue weighted by Gasteiger charge is 2.28. The fraction of sp³-hybridized carbons (Fsp3) is 0.200. The maximum atomic E-state index is 12.5. The van der Waals surface area contributed by atoms with Crippen LogP contribution in [0.4, 0.5) is 5.69 Å². The van der Waals surface area contributed by atoms with Crippen molar-refractivity contribution in [3.8, 4) is 0 Å². The zero-order valence-corrected chi connectivity index (χ0v) is 10.7. The van der Waals surface area contributed by atoms with Gasteiger partial charge in [-0.05, 0) is 18.6 Å². The quantitative estimate of drug-likeness (QED) is 0.824. The van der Waals surface area contributed by atoms with E-state index in [-0.39, 0.29) is 17.2 Å². The van der Waals surface area contributed by atoms with Crippen molar-refractivity contribution in [3.05, 3.63) is 64.1 Å². The van der Waals surface area contributed by atoms with Crippen molar-refractivity contribution in [1.29, 1.82) is 0 Å². The molecule has 1 aliphatic rings. The van der Waals surface area contributed by atoms with Gasteiger partial charge in [-0.25, -0.2) is 0 Å². The molecule has 3 rings (SSSR count). The predicted octanol–water partition coefficient (Wildman–Crippen LogP) is 1.46. The van der Waals surface area contributed by atoms with Gasteiger partial charge >= 0.3 is 0 Å². The summed E-state index contributed by atoms with van der Waals surface area (Å²) in [6.07, 6.45) is -0.0649. The molecule has 102 valence electrons. The molecular formula is C15H14N2O3. The average Bonchev–Trinajstić information content (AvgIpc) is 2.47. The second kappa shape index (κ2) is 4.94. The largest absolute Gasteiger partial charge is 0.388 e. The normalized spacial score (nSPS) is 17.6. The van der Waals surface area contributed by atoms with Gasteiger partial charge in [0.1, 0.15) is 5.69 Å². The summed E-state index contributed by atoms with van der Waals surface area (Å²) in [5.41, 5.74) is 1.39. The number of para-hydroxylation sites is 1. The summed E-state index contributed by atoms with van der Waals surface area (Å²) in [5.74, 6) is -0.262. The monoisotopic (exact) mass is 270 g/mol. The van der Waals surface area contributed by atoms with E-state index in [1.165, 1.54) is 6.07 Å². The Morgan fingerprint density at radius 3 is 2.80 bits per heavy atom. The summed E-state index contributed by atoms with van der Waals surface area (Å²) >= 11 is 0. The number of aliphatic hydroxyl groups excluding tert-OH is 1. The first-order valence-electron chi connectivity index (χ1n) is 6.45. The Balaban J connectivity index is 2.01. The van der Waals surface area contributed by atoms with E-state index in [1.807, 2.05) is 18.2 Å². The Labute approximate surface area is 115 Å². The molecule has 5 nitrogen and oxygen atoms in total. The molecule has 2 aromatic rings. The number of aliphatic hydroxyl groups is 1. The number of rotatable bonds is 1. The van der Waals surface area contributed by atoms with E-state index in [1.54, 1.807) is 23.1 Å². The number of pyridine rings is 1. The molecule has 0 aliphatic carbocycles. The van der Waals surface area contributed by atoms with E-state index in [2.05, 4.69) is 4.98 Å². The van der Waals surface area contributed by atoms with E-state index >= 15 is 0 Å². The van der Waals surface area contributed by atoms with Crippen molar-refractivity contribution in [2.24, 2.45) is 0 Å². The van der Waals surface area contributed by atoms with Crippen LogP contribution >= 0.6 is 0 Å². The summed E-state index contributed by atoms with van der Waals surface area (Å²) in [5, 5.41) is 9.98. The SMILES string of the molecule is O=C(c1cccc(=O)[nH]1)N1CCC(O)c2ccccc21. The van der Waals surface area contributed by atoms with Gasteiger partial charge in [-0.1, -0.05) is 24.3 Å². The summed E-state index contributed by atoms with van der Waals surface area (Å²) < 4.78 is 0. The number of carbonyl (C=O) groups excluding carboxylic acids is 1. The molecule has 1 atom stereocenters. The fourth-order valence-electron chi connectivity index (χ4n) is 2.47. The predicted molar refractivity (Wildman–Crippen MR) is 74.8 cm³/mol. The Hall–Kier alpha value is -2.40. The third kappa shape index (κ3) is 2.12. The van der Waals surface area contributed by atoms with Gasteiger partial charge in [-0.2, -0.15) is 0 Å². The topological polar surface area (TPSA) is 73.4 Å². The number of amides is 1. The second-order valence-corrected chi connectivity index (χ2v) is 4.75. The van der Waals surface area contributed by atoms with Crippen LogP contribution in [0.5, 0.6) is 0 Å². The van der Waals surface area contributed by atoms with Crippen LogP contribution in [0, 0.1) is 0 Å². The van der Waals surface area contributed by atoms with Gasteiger partial charge in [0.15, 0.2) is 0 Å². The van der Waals surface area contributed by atoms with Crippen molar-refractivity contribution in [2.45, 2.75) is 12.5 Å². The molecule has 1 aliphatic heterocycles. The number of fused-ring (bicyclic) bond motifs is 1. The van der Waals surface area contributed by atoms with Crippen LogP contribution in [-0.4, -0.2) is 22.5 Å². The first-order chi connectivity index (χ1) is 9.66. The number of aromatic nitrogens is 1. The molecule has 0 fully saturated rings. The number of H-pyrrole nitrogens is 1. The van der Waals surface area contributed by atoms with Gasteiger partial charge in [0.05, 0.1) is 6.10 Å². The summed E-state index contributed by atoms with van der Waals surface area (Å²) in [7, 11) is 0. The van der Waals surface area contributed by atoms with Gasteiger partial charge in [-0.15, -0.1) is 0 Å². The fourth-order valence-corrected chi connectivity index (χ4v) is 2.47. The highest BCUT2D eigenvalue weighted by molar-refractivity contribution is 6.05. The standard InChI is InChI=1S/C15H14N2O3/c18-13-8-9-17(12-6-2-1-4-10(12)13)15(20)11-5-3-7-14(19)16-11/h1-7,13,18H,8-9H2,(H,16,19). The molecule has 5 heteroatoms. The van der Waals surface area contributed by atoms with Gasteiger partial charge < -0.3 is 15.0 Å². The minimum absolute atomic E-state index is 0.253. The summed E-state index contributed by atoms with van der Waals surface area (Å²) in [6.45, 7) is 0.425. The number of nitrogens with one attached hydrogen (secondary N) is 1. The van der Waals surface area contributed by atoms with Crippen molar-refractivity contribution in [3.63, 3.8) is 0 Å². The Kier molecular flexibility index (Phi) is 3.12. The van der Waals surface area contributed by atoms with Crippen LogP contribution in [0.25, 0.3) is 0 Å². The number of aromatic amines is 1. The van der Waals surface area contributed by atoms with E-state index in [4.69, 9.17) is 0 Å². The van der Waals surface area contributed by atoms with Gasteiger partial charge in [0.25, 0.3) is 5.91 Å². The molecule has 0 saturated carbocycles. The lowest BCUT2D eigenvalue weighted by Crippen LogP contribution is -2.37. The lowest BCUT2D eigenvalue weighted by atomic mass is 9.98. The molecular weight excluding hydrogens is 256 g/mol. The number of anilines is 1. The minimum Gasteiger partial charge on any atom is -0.388 e. The molecule has 1 unspecified atom stereocenters. The lowest BCUT2D eigenvalue weighted by molar-refractivity contribution is 0.0965. The Morgan fingerprint density at radius 2 is 2.00 bits per heavy atom. The van der Waals surface area contributed by atoms with Crippen molar-refractivity contribution in [1.82, 2.24) is 4.98 Å². The lowest BCUT2D eigenvalue weighted by Gasteiger charge is -2.32. The van der Waals surface area contributed by atoms with Gasteiger partial charge in [-0.3, -0.25) is 9.59 Å². The van der Waals surface area contributed by atoms with Crippen LogP contribution in [0.1, 0.15) is 28.6 Å². The number of nitrogens with zero attached hydrogens (tertiary/aromatic N) is 1. The van der Waals surface area contributed by atoms with Crippen LogP contribution in [0.2, 0.25) is 0 Å². The highest BCUT2D eigenvalue weighted by Crippen LogP contribution is 2.33. The molecule has 0 saturated heterocycles. The first-order valence-corrected chi connectivity index (χ1v) is 6.45. The number of carbonyl (C=O) groups is 1. The van der Waals surface area contributed by atoms with Crippen LogP contribution in [0.3, 0.4) is 0 Å². The first kappa shape index (κ1) is 12.6. The van der Waals surface area contributed by atoms with Crippen molar-refractivity contribution >= 4 is 11.6 Å². The van der Waals surface area contributed by atoms with E-state index in [0.717, 1.165) is 5.56 Å². The highest BCUT2D eigenvalue weighted by atomic mass is 16.3. The van der Waals surface area contributed by atoms with Crippen molar-refractivity contribution < 1.29 is 9.90 Å². The molecule has 20 heavy (non-hydrogen) atoms. The van der Waals surface area contributed by atoms with E-state index in [9.17, 15) is 14.7 Å². The third-order valence-electron chi connectivity index (χ3n) is 3.46. The molecule has 0 bridgehead atoms. The van der Waals surface area contributed by atoms with Crippen LogP contribution in [-0.2, 0) is 0 Å². The number of hydrogen-bond donors (Lipinski definition) is 2. The number of benzene rings is 1. The third-order valence-corrected chi connectivity index (χ3v) is 3.46. The summed E-state index contributed by atoms with van der Waals surface area (Å²) in [6, 6.07) is 11.8. The molecule has 1 aromatic heterocycles. The average molecular weight is 270 g/mol. The van der Waals surface area contributed by atoms with Crippen molar-refractivity contribution in [2.75, 3.05) is 11.4 Å². The molecule has 1 amide bonds. The van der Waals surface area contributed by atoms with E-state index in [0.29, 0.717) is 18.7 Å². The van der Waals surface area contributed by atoms with Crippen LogP contribution < -0.4 is 10.5 Å². The second-order valence-electron chi connectivity index (χ2n) is 4.75. The van der Waals surface area contributed by atoms with Crippen LogP contribution in [0.15, 0.2) is 47.3 Å². The maximum Gasteiger partial charge on any atom is 0.274 e. The number of hydrogen-bond acceptors (Lipinski definition) is 3. The molecule has 0 radical (unpaired) electrons. The zero-order chi connectivity index (χ0) is 14.1. The molecule has 2 heterocycles. The zero-order valence-electron chi connectivity index (χ0n) is 10.7. The van der Waals surface area contributed by atoms with Gasteiger partial charge in [0, 0.05) is 23.9 Å². The molecule has 1 aromatic carbocycles. The van der Waals surface area contributed by atoms with Gasteiger partial charge in [0.2, 0.25) is 5.56 Å². The molecule has 0 spiro atoms. The minimum atomic E-state index is -0.551. The smallest absolute Gasteiger partial charge is 0.274 e. The summed E-state index contributed by atoms with van der Waals surface area (Å²) in [4.78, 5) is 27.9. The Bertz CT molecular complexity index is 708. The maximum absolute atomic E-state index is 12.5. The molecule has 2 N–H and O–H groups in total. The Morgan fingerprint density at radius 1 is 1.20 bits per heavy atom. The van der Waals surface area contributed by atoms with E-state index < -0.39 is 6.10 Å².